The van der Waals surface area contributed by atoms with Gasteiger partial charge in [-0.3, -0.25) is 4.79 Å². The minimum Gasteiger partial charge on any atom is -0.384 e. The van der Waals surface area contributed by atoms with Crippen molar-refractivity contribution in [1.29, 1.82) is 0 Å². The van der Waals surface area contributed by atoms with E-state index in [4.69, 9.17) is 16.3 Å². The van der Waals surface area contributed by atoms with Gasteiger partial charge in [0.2, 0.25) is 0 Å². The van der Waals surface area contributed by atoms with Gasteiger partial charge in [-0.2, -0.15) is 0 Å². The number of halogens is 1. The van der Waals surface area contributed by atoms with Crippen LogP contribution in [-0.4, -0.2) is 31.2 Å². The van der Waals surface area contributed by atoms with Gasteiger partial charge in [-0.05, 0) is 44.4 Å². The van der Waals surface area contributed by atoms with Crippen molar-refractivity contribution in [3.8, 4) is 0 Å². The maximum atomic E-state index is 12.6. The third-order valence-corrected chi connectivity index (χ3v) is 4.04. The summed E-state index contributed by atoms with van der Waals surface area (Å²) in [6.45, 7) is 6.36. The molecule has 1 amide bonds. The van der Waals surface area contributed by atoms with Crippen LogP contribution in [0.5, 0.6) is 0 Å². The molecule has 116 valence electrons. The Morgan fingerprint density at radius 1 is 1.38 bits per heavy atom. The van der Waals surface area contributed by atoms with Crippen LogP contribution in [0.3, 0.4) is 0 Å². The van der Waals surface area contributed by atoms with E-state index < -0.39 is 0 Å². The summed E-state index contributed by atoms with van der Waals surface area (Å²) in [5.74, 6) is -0.0829. The van der Waals surface area contributed by atoms with Crippen molar-refractivity contribution in [3.63, 3.8) is 0 Å². The summed E-state index contributed by atoms with van der Waals surface area (Å²) in [5.41, 5.74) is 1.22. The van der Waals surface area contributed by atoms with E-state index in [0.29, 0.717) is 23.8 Å². The molecule has 0 unspecified atom stereocenters. The first-order chi connectivity index (χ1) is 10.0. The Bertz CT molecular complexity index is 499. The van der Waals surface area contributed by atoms with Crippen molar-refractivity contribution in [2.45, 2.75) is 38.6 Å². The maximum Gasteiger partial charge on any atom is 0.253 e. The van der Waals surface area contributed by atoms with Crippen LogP contribution in [0.25, 0.3) is 0 Å². The van der Waals surface area contributed by atoms with Crippen molar-refractivity contribution in [2.24, 2.45) is 0 Å². The Kier molecular flexibility index (Phi) is 5.48. The van der Waals surface area contributed by atoms with Crippen LogP contribution in [0.4, 0.5) is 5.69 Å². The second-order valence-electron chi connectivity index (χ2n) is 5.74. The molecule has 1 aliphatic rings. The first kappa shape index (κ1) is 16.1. The van der Waals surface area contributed by atoms with Gasteiger partial charge in [0, 0.05) is 36.0 Å². The molecule has 0 aliphatic carbocycles. The zero-order valence-electron chi connectivity index (χ0n) is 12.7. The molecule has 0 saturated carbocycles. The lowest BCUT2D eigenvalue weighted by Gasteiger charge is -2.34. The first-order valence-electron chi connectivity index (χ1n) is 7.48. The molecule has 5 heteroatoms. The van der Waals surface area contributed by atoms with Gasteiger partial charge in [0.25, 0.3) is 5.91 Å². The number of ether oxygens (including phenoxy) is 1. The molecule has 0 radical (unpaired) electrons. The molecule has 0 aromatic heterocycles. The Balaban J connectivity index is 2.15. The fourth-order valence-corrected chi connectivity index (χ4v) is 2.58. The Morgan fingerprint density at radius 2 is 2.10 bits per heavy atom. The minimum atomic E-state index is -0.209. The van der Waals surface area contributed by atoms with Crippen molar-refractivity contribution in [1.82, 2.24) is 5.32 Å². The molecule has 0 bridgehead atoms. The van der Waals surface area contributed by atoms with Crippen LogP contribution >= 0.6 is 11.6 Å². The number of hydrogen-bond donors (Lipinski definition) is 2. The normalized spacial score (nSPS) is 17.3. The van der Waals surface area contributed by atoms with E-state index in [9.17, 15) is 4.79 Å². The van der Waals surface area contributed by atoms with Gasteiger partial charge in [-0.25, -0.2) is 0 Å². The molecule has 4 nitrogen and oxygen atoms in total. The van der Waals surface area contributed by atoms with E-state index in [1.165, 1.54) is 0 Å². The second-order valence-corrected chi connectivity index (χ2v) is 6.18. The van der Waals surface area contributed by atoms with Crippen LogP contribution in [0.1, 0.15) is 43.5 Å². The fraction of sp³-hybridized carbons (Fsp3) is 0.562. The molecule has 21 heavy (non-hydrogen) atoms. The summed E-state index contributed by atoms with van der Waals surface area (Å²) in [7, 11) is 0. The zero-order valence-corrected chi connectivity index (χ0v) is 13.4. The molecule has 2 N–H and O–H groups in total. The number of rotatable bonds is 5. The first-order valence-corrected chi connectivity index (χ1v) is 7.85. The molecule has 1 fully saturated rings. The lowest BCUT2D eigenvalue weighted by atomic mass is 9.92. The van der Waals surface area contributed by atoms with Gasteiger partial charge in [0.15, 0.2) is 0 Å². The van der Waals surface area contributed by atoms with Gasteiger partial charge >= 0.3 is 0 Å². The summed E-state index contributed by atoms with van der Waals surface area (Å²) < 4.78 is 5.36. The summed E-state index contributed by atoms with van der Waals surface area (Å²) >= 11 is 6.04. The topological polar surface area (TPSA) is 50.4 Å². The number of hydrogen-bond acceptors (Lipinski definition) is 3. The molecular weight excluding hydrogens is 288 g/mol. The van der Waals surface area contributed by atoms with E-state index in [1.54, 1.807) is 12.1 Å². The average molecular weight is 311 g/mol. The van der Waals surface area contributed by atoms with Gasteiger partial charge in [-0.1, -0.05) is 18.5 Å². The van der Waals surface area contributed by atoms with Crippen LogP contribution in [-0.2, 0) is 4.74 Å². The molecule has 2 rings (SSSR count). The highest BCUT2D eigenvalue weighted by Gasteiger charge is 2.30. The van der Waals surface area contributed by atoms with Gasteiger partial charge in [0.1, 0.15) is 0 Å². The predicted molar refractivity (Wildman–Crippen MR) is 86.2 cm³/mol. The van der Waals surface area contributed by atoms with Crippen LogP contribution in [0.2, 0.25) is 5.02 Å². The highest BCUT2D eigenvalue weighted by Crippen LogP contribution is 2.24. The number of nitrogens with one attached hydrogen (secondary N) is 2. The SMILES string of the molecule is CCCNc1ccc(Cl)cc1C(=O)NC1(C)CCOCC1. The van der Waals surface area contributed by atoms with Crippen molar-refractivity contribution < 1.29 is 9.53 Å². The van der Waals surface area contributed by atoms with E-state index in [2.05, 4.69) is 24.5 Å². The van der Waals surface area contributed by atoms with Gasteiger partial charge < -0.3 is 15.4 Å². The van der Waals surface area contributed by atoms with Crippen LogP contribution in [0.15, 0.2) is 18.2 Å². The lowest BCUT2D eigenvalue weighted by Crippen LogP contribution is -2.49. The third kappa shape index (κ3) is 4.35. The van der Waals surface area contributed by atoms with Crippen molar-refractivity contribution in [3.05, 3.63) is 28.8 Å². The zero-order chi connectivity index (χ0) is 15.3. The Morgan fingerprint density at radius 3 is 2.76 bits per heavy atom. The van der Waals surface area contributed by atoms with Crippen LogP contribution in [0, 0.1) is 0 Å². The number of anilines is 1. The van der Waals surface area contributed by atoms with Gasteiger partial charge in [-0.15, -0.1) is 0 Å². The quantitative estimate of drug-likeness (QED) is 0.875. The van der Waals surface area contributed by atoms with E-state index in [0.717, 1.165) is 31.5 Å². The molecule has 1 heterocycles. The van der Waals surface area contributed by atoms with E-state index >= 15 is 0 Å². The highest BCUT2D eigenvalue weighted by molar-refractivity contribution is 6.31. The Labute approximate surface area is 131 Å². The van der Waals surface area contributed by atoms with Crippen LogP contribution < -0.4 is 10.6 Å². The summed E-state index contributed by atoms with van der Waals surface area (Å²) in [6.07, 6.45) is 2.66. The summed E-state index contributed by atoms with van der Waals surface area (Å²) in [4.78, 5) is 12.6. The van der Waals surface area contributed by atoms with Crippen molar-refractivity contribution in [2.75, 3.05) is 25.1 Å². The molecule has 0 spiro atoms. The molecule has 1 aliphatic heterocycles. The highest BCUT2D eigenvalue weighted by atomic mass is 35.5. The average Bonchev–Trinajstić information content (AvgIpc) is 2.46. The molecule has 1 aromatic rings. The fourth-order valence-electron chi connectivity index (χ4n) is 2.41. The van der Waals surface area contributed by atoms with Gasteiger partial charge in [0.05, 0.1) is 5.56 Å². The largest absolute Gasteiger partial charge is 0.384 e. The molecule has 1 aromatic carbocycles. The Hall–Kier alpha value is -1.26. The minimum absolute atomic E-state index is 0.0829. The third-order valence-electron chi connectivity index (χ3n) is 3.80. The number of carbonyl (C=O) groups is 1. The number of carbonyl (C=O) groups excluding carboxylic acids is 1. The summed E-state index contributed by atoms with van der Waals surface area (Å²) in [5, 5.41) is 6.98. The van der Waals surface area contributed by atoms with Crippen molar-refractivity contribution >= 4 is 23.2 Å². The number of benzene rings is 1. The maximum absolute atomic E-state index is 12.6. The molecular formula is C16H23ClN2O2. The second kappa shape index (κ2) is 7.14. The standard InChI is InChI=1S/C16H23ClN2O2/c1-3-8-18-14-5-4-12(17)11-13(14)15(20)19-16(2)6-9-21-10-7-16/h4-5,11,18H,3,6-10H2,1-2H3,(H,19,20). The monoisotopic (exact) mass is 310 g/mol. The number of amides is 1. The predicted octanol–water partition coefficient (Wildman–Crippen LogP) is 3.46. The molecule has 1 saturated heterocycles. The smallest absolute Gasteiger partial charge is 0.253 e. The molecule has 0 atom stereocenters. The van der Waals surface area contributed by atoms with E-state index in [-0.39, 0.29) is 11.4 Å². The van der Waals surface area contributed by atoms with E-state index in [1.807, 2.05) is 6.07 Å². The lowest BCUT2D eigenvalue weighted by molar-refractivity contribution is 0.0423. The summed E-state index contributed by atoms with van der Waals surface area (Å²) in [6, 6.07) is 5.38.